The van der Waals surface area contributed by atoms with Gasteiger partial charge in [-0.05, 0) is 48.4 Å². The van der Waals surface area contributed by atoms with Crippen molar-refractivity contribution in [2.45, 2.75) is 12.8 Å². The summed E-state index contributed by atoms with van der Waals surface area (Å²) in [6, 6.07) is 15.0. The van der Waals surface area contributed by atoms with Gasteiger partial charge in [0, 0.05) is 38.2 Å². The van der Waals surface area contributed by atoms with Crippen LogP contribution in [0, 0.1) is 0 Å². The third kappa shape index (κ3) is 5.81. The Balaban J connectivity index is 1.43. The zero-order chi connectivity index (χ0) is 20.6. The molecule has 154 valence electrons. The smallest absolute Gasteiger partial charge is 0.222 e. The number of amides is 1. The van der Waals surface area contributed by atoms with E-state index in [0.717, 1.165) is 17.1 Å². The second kappa shape index (κ2) is 10.1. The first kappa shape index (κ1) is 20.9. The SMILES string of the molecule is COc1ccc(C(=O)CN2CCN(C(=O)CCc3cccc(OC)c3)CC2)cc1. The molecule has 2 aromatic carbocycles. The second-order valence-corrected chi connectivity index (χ2v) is 7.16. The molecule has 2 aromatic rings. The summed E-state index contributed by atoms with van der Waals surface area (Å²) < 4.78 is 10.4. The third-order valence-electron chi connectivity index (χ3n) is 5.27. The van der Waals surface area contributed by atoms with E-state index in [0.29, 0.717) is 51.1 Å². The monoisotopic (exact) mass is 396 g/mol. The maximum Gasteiger partial charge on any atom is 0.222 e. The van der Waals surface area contributed by atoms with Crippen molar-refractivity contribution in [3.8, 4) is 11.5 Å². The Morgan fingerprint density at radius 1 is 0.897 bits per heavy atom. The number of ether oxygens (including phenoxy) is 2. The van der Waals surface area contributed by atoms with Crippen molar-refractivity contribution in [1.82, 2.24) is 9.80 Å². The molecule has 0 bridgehead atoms. The minimum Gasteiger partial charge on any atom is -0.497 e. The van der Waals surface area contributed by atoms with Gasteiger partial charge in [0.15, 0.2) is 5.78 Å². The summed E-state index contributed by atoms with van der Waals surface area (Å²) in [4.78, 5) is 29.0. The predicted octanol–water partition coefficient (Wildman–Crippen LogP) is 2.66. The number of nitrogens with zero attached hydrogens (tertiary/aromatic N) is 2. The molecular weight excluding hydrogens is 368 g/mol. The molecule has 0 aromatic heterocycles. The average molecular weight is 396 g/mol. The zero-order valence-electron chi connectivity index (χ0n) is 17.1. The molecule has 0 spiro atoms. The number of piperazine rings is 1. The summed E-state index contributed by atoms with van der Waals surface area (Å²) in [5, 5.41) is 0. The van der Waals surface area contributed by atoms with Crippen molar-refractivity contribution in [1.29, 1.82) is 0 Å². The van der Waals surface area contributed by atoms with Gasteiger partial charge in [-0.15, -0.1) is 0 Å². The summed E-state index contributed by atoms with van der Waals surface area (Å²) in [5.41, 5.74) is 1.78. The zero-order valence-corrected chi connectivity index (χ0v) is 17.1. The summed E-state index contributed by atoms with van der Waals surface area (Å²) in [7, 11) is 3.25. The number of ketones is 1. The van der Waals surface area contributed by atoms with Crippen LogP contribution in [-0.4, -0.2) is 68.4 Å². The highest BCUT2D eigenvalue weighted by Gasteiger charge is 2.22. The maximum absolute atomic E-state index is 12.5. The Bertz CT molecular complexity index is 827. The van der Waals surface area contributed by atoms with E-state index in [4.69, 9.17) is 9.47 Å². The number of methoxy groups -OCH3 is 2. The third-order valence-corrected chi connectivity index (χ3v) is 5.27. The summed E-state index contributed by atoms with van der Waals surface area (Å²) >= 11 is 0. The molecule has 29 heavy (non-hydrogen) atoms. The maximum atomic E-state index is 12.5. The van der Waals surface area contributed by atoms with Crippen molar-refractivity contribution >= 4 is 11.7 Å². The van der Waals surface area contributed by atoms with Crippen LogP contribution in [-0.2, 0) is 11.2 Å². The minimum atomic E-state index is 0.0884. The normalized spacial score (nSPS) is 14.5. The Morgan fingerprint density at radius 2 is 1.59 bits per heavy atom. The number of hydrogen-bond donors (Lipinski definition) is 0. The Morgan fingerprint density at radius 3 is 2.24 bits per heavy atom. The largest absolute Gasteiger partial charge is 0.497 e. The highest BCUT2D eigenvalue weighted by molar-refractivity contribution is 5.97. The lowest BCUT2D eigenvalue weighted by atomic mass is 10.1. The van der Waals surface area contributed by atoms with Gasteiger partial charge in [0.05, 0.1) is 20.8 Å². The van der Waals surface area contributed by atoms with E-state index in [-0.39, 0.29) is 11.7 Å². The fourth-order valence-corrected chi connectivity index (χ4v) is 3.46. The first-order valence-corrected chi connectivity index (χ1v) is 9.89. The molecule has 0 aliphatic carbocycles. The number of hydrogen-bond acceptors (Lipinski definition) is 5. The van der Waals surface area contributed by atoms with Crippen LogP contribution in [0.4, 0.5) is 0 Å². The summed E-state index contributed by atoms with van der Waals surface area (Å²) in [6.07, 6.45) is 1.18. The van der Waals surface area contributed by atoms with Crippen LogP contribution < -0.4 is 9.47 Å². The highest BCUT2D eigenvalue weighted by atomic mass is 16.5. The first-order valence-electron chi connectivity index (χ1n) is 9.89. The lowest BCUT2D eigenvalue weighted by Gasteiger charge is -2.34. The van der Waals surface area contributed by atoms with E-state index >= 15 is 0 Å². The van der Waals surface area contributed by atoms with Crippen LogP contribution in [0.25, 0.3) is 0 Å². The molecule has 0 atom stereocenters. The first-order chi connectivity index (χ1) is 14.1. The van der Waals surface area contributed by atoms with Crippen LogP contribution in [0.15, 0.2) is 48.5 Å². The molecule has 0 unspecified atom stereocenters. The highest BCUT2D eigenvalue weighted by Crippen LogP contribution is 2.15. The van der Waals surface area contributed by atoms with Gasteiger partial charge in [0.1, 0.15) is 11.5 Å². The van der Waals surface area contributed by atoms with E-state index in [9.17, 15) is 9.59 Å². The topological polar surface area (TPSA) is 59.1 Å². The van der Waals surface area contributed by atoms with E-state index in [2.05, 4.69) is 4.90 Å². The lowest BCUT2D eigenvalue weighted by Crippen LogP contribution is -2.49. The molecule has 0 radical (unpaired) electrons. The minimum absolute atomic E-state index is 0.0884. The van der Waals surface area contributed by atoms with Gasteiger partial charge < -0.3 is 14.4 Å². The molecule has 1 saturated heterocycles. The average Bonchev–Trinajstić information content (AvgIpc) is 2.78. The van der Waals surface area contributed by atoms with Gasteiger partial charge in [-0.25, -0.2) is 0 Å². The van der Waals surface area contributed by atoms with Crippen molar-refractivity contribution < 1.29 is 19.1 Å². The molecule has 1 heterocycles. The molecule has 1 fully saturated rings. The molecule has 3 rings (SSSR count). The number of carbonyl (C=O) groups is 2. The molecule has 1 aliphatic heterocycles. The van der Waals surface area contributed by atoms with Crippen LogP contribution in [0.3, 0.4) is 0 Å². The Labute approximate surface area is 172 Å². The molecular formula is C23H28N2O4. The second-order valence-electron chi connectivity index (χ2n) is 7.16. The molecule has 6 nitrogen and oxygen atoms in total. The van der Waals surface area contributed by atoms with Gasteiger partial charge in [-0.3, -0.25) is 14.5 Å². The Kier molecular flexibility index (Phi) is 7.25. The number of carbonyl (C=O) groups excluding carboxylic acids is 2. The Hall–Kier alpha value is -2.86. The van der Waals surface area contributed by atoms with Gasteiger partial charge in [-0.2, -0.15) is 0 Å². The van der Waals surface area contributed by atoms with E-state index < -0.39 is 0 Å². The van der Waals surface area contributed by atoms with Crippen molar-refractivity contribution in [2.75, 3.05) is 46.9 Å². The predicted molar refractivity (Wildman–Crippen MR) is 112 cm³/mol. The quantitative estimate of drug-likeness (QED) is 0.642. The van der Waals surface area contributed by atoms with Crippen molar-refractivity contribution in [3.05, 3.63) is 59.7 Å². The molecule has 6 heteroatoms. The number of rotatable bonds is 8. The van der Waals surface area contributed by atoms with Gasteiger partial charge >= 0.3 is 0 Å². The number of benzene rings is 2. The van der Waals surface area contributed by atoms with E-state index in [1.165, 1.54) is 0 Å². The van der Waals surface area contributed by atoms with E-state index in [1.54, 1.807) is 38.5 Å². The molecule has 0 saturated carbocycles. The van der Waals surface area contributed by atoms with Gasteiger partial charge in [0.25, 0.3) is 0 Å². The number of Topliss-reactive ketones (excluding diaryl/α,β-unsaturated/α-hetero) is 1. The lowest BCUT2D eigenvalue weighted by molar-refractivity contribution is -0.132. The van der Waals surface area contributed by atoms with Crippen molar-refractivity contribution in [3.63, 3.8) is 0 Å². The summed E-state index contributed by atoms with van der Waals surface area (Å²) in [6.45, 7) is 3.12. The van der Waals surface area contributed by atoms with Gasteiger partial charge in [0.2, 0.25) is 5.91 Å². The van der Waals surface area contributed by atoms with Crippen LogP contribution in [0.1, 0.15) is 22.3 Å². The van der Waals surface area contributed by atoms with Crippen LogP contribution >= 0.6 is 0 Å². The fourth-order valence-electron chi connectivity index (χ4n) is 3.46. The van der Waals surface area contributed by atoms with Crippen LogP contribution in [0.2, 0.25) is 0 Å². The summed E-state index contributed by atoms with van der Waals surface area (Å²) in [5.74, 6) is 1.80. The number of aryl methyl sites for hydroxylation is 1. The molecule has 0 N–H and O–H groups in total. The standard InChI is InChI=1S/C23H28N2O4/c1-28-20-9-7-19(8-10-20)22(26)17-24-12-14-25(15-13-24)23(27)11-6-18-4-3-5-21(16-18)29-2/h3-5,7-10,16H,6,11-15,17H2,1-2H3. The van der Waals surface area contributed by atoms with Gasteiger partial charge in [-0.1, -0.05) is 12.1 Å². The van der Waals surface area contributed by atoms with Crippen LogP contribution in [0.5, 0.6) is 11.5 Å². The molecule has 1 aliphatic rings. The molecule has 1 amide bonds. The fraction of sp³-hybridized carbons (Fsp3) is 0.391. The van der Waals surface area contributed by atoms with E-state index in [1.807, 2.05) is 29.2 Å². The van der Waals surface area contributed by atoms with Crippen molar-refractivity contribution in [2.24, 2.45) is 0 Å².